The Morgan fingerprint density at radius 3 is 1.51 bits per heavy atom. The minimum Gasteiger partial charge on any atom is -0.307 e. The summed E-state index contributed by atoms with van der Waals surface area (Å²) in [5, 5.41) is -1.87. The van der Waals surface area contributed by atoms with E-state index in [-0.39, 0.29) is 43.8 Å². The predicted octanol–water partition coefficient (Wildman–Crippen LogP) is 12.6. The summed E-state index contributed by atoms with van der Waals surface area (Å²) >= 11 is 0. The summed E-state index contributed by atoms with van der Waals surface area (Å²) < 4.78 is 196. The zero-order valence-electron chi connectivity index (χ0n) is 47.1. The number of hydrogen-bond donors (Lipinski definition) is 0. The molecule has 0 fully saturated rings. The molecule has 0 spiro atoms. The molecule has 0 aliphatic rings. The fourth-order valence-corrected chi connectivity index (χ4v) is 7.08. The molecule has 0 radical (unpaired) electrons. The van der Waals surface area contributed by atoms with Crippen molar-refractivity contribution in [2.75, 3.05) is 0 Å². The number of rotatable bonds is 4. The molecule has 3 nitrogen and oxygen atoms in total. The first-order valence-electron chi connectivity index (χ1n) is 26.3. The maximum absolute atomic E-state index is 9.91. The Labute approximate surface area is 324 Å². The minimum atomic E-state index is -0.861. The molecular formula is C48H31N3. The molecule has 8 aromatic carbocycles. The molecule has 3 aromatic heterocycles. The SMILES string of the molecule is [2H]c1cc2c3c([2H])c([2H])c([2H])c([2H])c3n(-c3c([2H])c([2H])c([2H])c4c5c([2H])c([2H])c([2H])c([2H])c5n(-c5c([2H])c([2H])c([2H])c6c7c([2H])c([2H])c([2H])c([2H])c7n(-c7cccc(-c8ccccc8)c7)c56)c34)c2c([2H])c1[2H]. The summed E-state index contributed by atoms with van der Waals surface area (Å²) in [4.78, 5) is 0. The fourth-order valence-electron chi connectivity index (χ4n) is 7.08. The third kappa shape index (κ3) is 4.00. The molecule has 0 saturated heterocycles. The smallest absolute Gasteiger partial charge is 0.0783 e. The van der Waals surface area contributed by atoms with Gasteiger partial charge in [0, 0.05) is 38.0 Å². The van der Waals surface area contributed by atoms with E-state index < -0.39 is 166 Å². The van der Waals surface area contributed by atoms with Crippen LogP contribution in [-0.2, 0) is 0 Å². The summed E-state index contributed by atoms with van der Waals surface area (Å²) in [6.45, 7) is 0. The predicted molar refractivity (Wildman–Crippen MR) is 215 cm³/mol. The van der Waals surface area contributed by atoms with Gasteiger partial charge in [-0.1, -0.05) is 139 Å². The van der Waals surface area contributed by atoms with Gasteiger partial charge in [-0.2, -0.15) is 0 Å². The highest BCUT2D eigenvalue weighted by Gasteiger charge is 2.23. The molecule has 0 atom stereocenters. The minimum absolute atomic E-state index is 0.152. The van der Waals surface area contributed by atoms with Crippen LogP contribution in [0, 0.1) is 0 Å². The van der Waals surface area contributed by atoms with E-state index in [0.717, 1.165) is 20.8 Å². The largest absolute Gasteiger partial charge is 0.307 e. The van der Waals surface area contributed by atoms with Crippen LogP contribution in [-0.4, -0.2) is 13.7 Å². The van der Waals surface area contributed by atoms with Crippen molar-refractivity contribution < 1.29 is 28.8 Å². The average Bonchev–Trinajstić information content (AvgIpc) is 4.03. The lowest BCUT2D eigenvalue weighted by molar-refractivity contribution is 1.11. The summed E-state index contributed by atoms with van der Waals surface area (Å²) in [6.07, 6.45) is 0. The van der Waals surface area contributed by atoms with Gasteiger partial charge in [-0.15, -0.1) is 0 Å². The van der Waals surface area contributed by atoms with Crippen LogP contribution in [0.1, 0.15) is 28.8 Å². The average molecular weight is 671 g/mol. The lowest BCUT2D eigenvalue weighted by Gasteiger charge is -2.17. The van der Waals surface area contributed by atoms with Crippen LogP contribution in [0.25, 0.3) is 93.6 Å². The Morgan fingerprint density at radius 2 is 0.824 bits per heavy atom. The Hall–Kier alpha value is -6.84. The van der Waals surface area contributed by atoms with Gasteiger partial charge in [0.05, 0.1) is 73.3 Å². The second kappa shape index (κ2) is 10.8. The van der Waals surface area contributed by atoms with Gasteiger partial charge in [-0.05, 0) is 59.5 Å². The molecule has 0 aliphatic carbocycles. The van der Waals surface area contributed by atoms with Crippen molar-refractivity contribution in [2.24, 2.45) is 0 Å². The van der Waals surface area contributed by atoms with Gasteiger partial charge in [0.1, 0.15) is 0 Å². The third-order valence-corrected chi connectivity index (χ3v) is 9.16. The molecule has 0 bridgehead atoms. The van der Waals surface area contributed by atoms with E-state index in [4.69, 9.17) is 12.3 Å². The Balaban J connectivity index is 1.51. The maximum Gasteiger partial charge on any atom is 0.0783 e. The summed E-state index contributed by atoms with van der Waals surface area (Å²) in [5.74, 6) is 0. The van der Waals surface area contributed by atoms with E-state index in [1.807, 2.05) is 18.2 Å². The van der Waals surface area contributed by atoms with Gasteiger partial charge < -0.3 is 13.7 Å². The van der Waals surface area contributed by atoms with Crippen LogP contribution >= 0.6 is 0 Å². The first kappa shape index (κ1) is 14.6. The van der Waals surface area contributed by atoms with Crippen molar-refractivity contribution in [3.05, 3.63) is 188 Å². The van der Waals surface area contributed by atoms with Gasteiger partial charge in [-0.25, -0.2) is 0 Å². The van der Waals surface area contributed by atoms with Crippen LogP contribution in [0.4, 0.5) is 0 Å². The lowest BCUT2D eigenvalue weighted by Crippen LogP contribution is -2.03. The second-order valence-electron chi connectivity index (χ2n) is 11.8. The summed E-state index contributed by atoms with van der Waals surface area (Å²) in [7, 11) is 0. The van der Waals surface area contributed by atoms with Crippen LogP contribution in [0.2, 0.25) is 0 Å². The molecule has 0 amide bonds. The third-order valence-electron chi connectivity index (χ3n) is 9.16. The van der Waals surface area contributed by atoms with E-state index >= 15 is 0 Å². The van der Waals surface area contributed by atoms with Gasteiger partial charge in [0.25, 0.3) is 0 Å². The second-order valence-corrected chi connectivity index (χ2v) is 11.8. The zero-order chi connectivity index (χ0) is 51.7. The highest BCUT2D eigenvalue weighted by atomic mass is 15.1. The molecule has 0 saturated carbocycles. The number of nitrogens with zero attached hydrogens (tertiary/aromatic N) is 3. The van der Waals surface area contributed by atoms with Crippen molar-refractivity contribution in [1.82, 2.24) is 13.7 Å². The number of fused-ring (bicyclic) bond motifs is 9. The van der Waals surface area contributed by atoms with E-state index in [0.29, 0.717) is 5.56 Å². The molecule has 11 aromatic rings. The maximum atomic E-state index is 9.91. The van der Waals surface area contributed by atoms with Crippen molar-refractivity contribution in [2.45, 2.75) is 0 Å². The quantitative estimate of drug-likeness (QED) is 0.177. The topological polar surface area (TPSA) is 14.8 Å². The summed E-state index contributed by atoms with van der Waals surface area (Å²) in [6, 6.07) is 1.57. The highest BCUT2D eigenvalue weighted by Crippen LogP contribution is 2.43. The molecule has 3 heterocycles. The molecule has 51 heavy (non-hydrogen) atoms. The lowest BCUT2D eigenvalue weighted by atomic mass is 10.1. The van der Waals surface area contributed by atoms with E-state index in [9.17, 15) is 16.4 Å². The molecule has 11 rings (SSSR count). The Kier molecular flexibility index (Phi) is 3.09. The van der Waals surface area contributed by atoms with Crippen molar-refractivity contribution in [1.29, 1.82) is 0 Å². The van der Waals surface area contributed by atoms with Crippen molar-refractivity contribution in [3.8, 4) is 28.2 Å². The fraction of sp³-hybridized carbons (Fsp3) is 0. The molecule has 238 valence electrons. The monoisotopic (exact) mass is 670 g/mol. The number of benzene rings is 8. The molecule has 3 heteroatoms. The molecule has 0 aliphatic heterocycles. The van der Waals surface area contributed by atoms with Gasteiger partial charge >= 0.3 is 0 Å². The van der Waals surface area contributed by atoms with Crippen LogP contribution < -0.4 is 0 Å². The first-order valence-corrected chi connectivity index (χ1v) is 15.8. The molecule has 0 unspecified atom stereocenters. The summed E-state index contributed by atoms with van der Waals surface area (Å²) in [5.41, 5.74) is -1.81. The van der Waals surface area contributed by atoms with Crippen molar-refractivity contribution >= 4 is 65.4 Å². The standard InChI is InChI=1S/C48H31N3/c1-2-15-32(16-3-1)33-17-12-18-34(31-33)49-41-25-8-6-21-37(41)39-23-14-30-46(47(39)49)51-44-28-11-7-22-38(44)40-24-13-29-45(48(40)51)50-42-26-9-4-19-35(42)36-20-5-10-27-43(36)50/h1-31H/i4D,5D,6D,7D,8D,9D,10D,11D,13D,14D,19D,21D,22D,23D,24D,25D,26D,27D,28D,29D,30D. The van der Waals surface area contributed by atoms with Gasteiger partial charge in [0.15, 0.2) is 0 Å². The van der Waals surface area contributed by atoms with E-state index in [1.54, 1.807) is 36.4 Å². The number of aromatic nitrogens is 3. The Morgan fingerprint density at radius 1 is 0.333 bits per heavy atom. The molecule has 0 N–H and O–H groups in total. The van der Waals surface area contributed by atoms with Crippen LogP contribution in [0.15, 0.2) is 188 Å². The van der Waals surface area contributed by atoms with Gasteiger partial charge in [-0.3, -0.25) is 0 Å². The number of hydrogen-bond acceptors (Lipinski definition) is 0. The van der Waals surface area contributed by atoms with E-state index in [1.165, 1.54) is 4.57 Å². The van der Waals surface area contributed by atoms with Gasteiger partial charge in [0.2, 0.25) is 0 Å². The Bertz CT molecular complexity index is 4340. The first-order chi connectivity index (χ1) is 34.1. The van der Waals surface area contributed by atoms with Crippen LogP contribution in [0.5, 0.6) is 0 Å². The van der Waals surface area contributed by atoms with Crippen LogP contribution in [0.3, 0.4) is 0 Å². The number of para-hydroxylation sites is 6. The zero-order valence-corrected chi connectivity index (χ0v) is 26.1. The van der Waals surface area contributed by atoms with Crippen molar-refractivity contribution in [3.63, 3.8) is 0 Å². The highest BCUT2D eigenvalue weighted by molar-refractivity contribution is 6.17. The normalized spacial score (nSPS) is 17.7. The van der Waals surface area contributed by atoms with E-state index in [2.05, 4.69) is 0 Å². The molecular weight excluding hydrogens is 619 g/mol.